The zero-order valence-corrected chi connectivity index (χ0v) is 40.4. The molecule has 5 heteroatoms. The third-order valence-corrected chi connectivity index (χ3v) is 12.4. The second kappa shape index (κ2) is 50.2. The Morgan fingerprint density at radius 3 is 1.07 bits per heavy atom. The second-order valence-electron chi connectivity index (χ2n) is 18.5. The summed E-state index contributed by atoms with van der Waals surface area (Å²) in [7, 11) is 0. The Bertz CT molecular complexity index is 931. The lowest BCUT2D eigenvalue weighted by molar-refractivity contribution is -0.124. The van der Waals surface area contributed by atoms with Gasteiger partial charge < -0.3 is 20.6 Å². The van der Waals surface area contributed by atoms with E-state index in [1.54, 1.807) is 6.08 Å². The van der Waals surface area contributed by atoms with E-state index in [2.05, 4.69) is 43.5 Å². The number of amides is 1. The van der Waals surface area contributed by atoms with Crippen molar-refractivity contribution in [2.75, 3.05) is 6.61 Å². The number of hydrogen-bond donors (Lipinski definition) is 4. The van der Waals surface area contributed by atoms with E-state index in [0.717, 1.165) is 32.1 Å². The molecule has 1 amide bonds. The van der Waals surface area contributed by atoms with Gasteiger partial charge in [-0.05, 0) is 57.8 Å². The van der Waals surface area contributed by atoms with E-state index in [0.29, 0.717) is 6.42 Å². The first kappa shape index (κ1) is 58.6. The van der Waals surface area contributed by atoms with Crippen molar-refractivity contribution in [1.82, 2.24) is 5.32 Å². The van der Waals surface area contributed by atoms with Crippen LogP contribution in [0.4, 0.5) is 0 Å². The molecule has 0 saturated carbocycles. The van der Waals surface area contributed by atoms with Gasteiger partial charge in [0.25, 0.3) is 0 Å². The molecule has 0 fully saturated rings. The fourth-order valence-electron chi connectivity index (χ4n) is 8.29. The van der Waals surface area contributed by atoms with E-state index >= 15 is 0 Å². The molecule has 0 radical (unpaired) electrons. The van der Waals surface area contributed by atoms with Crippen LogP contribution in [0.3, 0.4) is 0 Å². The van der Waals surface area contributed by atoms with E-state index in [1.807, 2.05) is 6.08 Å². The van der Waals surface area contributed by atoms with Crippen LogP contribution in [0.25, 0.3) is 0 Å². The lowest BCUT2D eigenvalue weighted by Gasteiger charge is -2.21. The van der Waals surface area contributed by atoms with Gasteiger partial charge in [-0.1, -0.05) is 256 Å². The molecule has 3 atom stereocenters. The van der Waals surface area contributed by atoms with Crippen LogP contribution in [-0.2, 0) is 4.79 Å². The molecule has 354 valence electrons. The van der Waals surface area contributed by atoms with Gasteiger partial charge in [0, 0.05) is 0 Å². The van der Waals surface area contributed by atoms with Crippen molar-refractivity contribution < 1.29 is 20.1 Å². The molecule has 0 aliphatic heterocycles. The number of carbonyl (C=O) groups excluding carboxylic acids is 1. The minimum absolute atomic E-state index is 0.00558. The van der Waals surface area contributed by atoms with E-state index in [1.165, 1.54) is 225 Å². The number of hydrogen-bond acceptors (Lipinski definition) is 4. The molecule has 0 bridgehead atoms. The SMILES string of the molecule is CCCCCCCCCCCCCC/C=C\CCCCCCCCCCCC(O)CC(=O)NC(CO)C(O)/C=C/CC/C=C/CCCCCCCCCCCCCCCC. The van der Waals surface area contributed by atoms with Crippen molar-refractivity contribution in [3.63, 3.8) is 0 Å². The number of rotatable bonds is 49. The Balaban J connectivity index is 3.62. The fraction of sp³-hybridized carbons (Fsp3) is 0.873. The summed E-state index contributed by atoms with van der Waals surface area (Å²) in [6.07, 6.45) is 64.6. The molecule has 60 heavy (non-hydrogen) atoms. The Hall–Kier alpha value is -1.43. The van der Waals surface area contributed by atoms with E-state index in [-0.39, 0.29) is 18.9 Å². The molecule has 0 heterocycles. The zero-order valence-electron chi connectivity index (χ0n) is 40.4. The van der Waals surface area contributed by atoms with Gasteiger partial charge in [-0.25, -0.2) is 0 Å². The molecule has 0 aromatic carbocycles. The first-order valence-corrected chi connectivity index (χ1v) is 26.8. The lowest BCUT2D eigenvalue weighted by atomic mass is 10.0. The van der Waals surface area contributed by atoms with Crippen LogP contribution >= 0.6 is 0 Å². The van der Waals surface area contributed by atoms with Crippen molar-refractivity contribution in [1.29, 1.82) is 0 Å². The van der Waals surface area contributed by atoms with Crippen LogP contribution in [0.2, 0.25) is 0 Å². The van der Waals surface area contributed by atoms with Crippen molar-refractivity contribution in [2.24, 2.45) is 0 Å². The zero-order chi connectivity index (χ0) is 43.7. The molecule has 0 saturated heterocycles. The Morgan fingerprint density at radius 2 is 0.717 bits per heavy atom. The van der Waals surface area contributed by atoms with Crippen molar-refractivity contribution in [3.8, 4) is 0 Å². The minimum Gasteiger partial charge on any atom is -0.394 e. The second-order valence-corrected chi connectivity index (χ2v) is 18.5. The Labute approximate surface area is 374 Å². The molecule has 4 N–H and O–H groups in total. The number of aliphatic hydroxyl groups excluding tert-OH is 3. The highest BCUT2D eigenvalue weighted by Gasteiger charge is 2.20. The van der Waals surface area contributed by atoms with Gasteiger partial charge in [-0.15, -0.1) is 0 Å². The van der Waals surface area contributed by atoms with Gasteiger partial charge in [-0.3, -0.25) is 4.79 Å². The number of nitrogens with one attached hydrogen (secondary N) is 1. The van der Waals surface area contributed by atoms with Gasteiger partial charge >= 0.3 is 0 Å². The van der Waals surface area contributed by atoms with Crippen LogP contribution in [0.15, 0.2) is 36.5 Å². The predicted molar refractivity (Wildman–Crippen MR) is 264 cm³/mol. The largest absolute Gasteiger partial charge is 0.394 e. The van der Waals surface area contributed by atoms with Crippen LogP contribution in [0.5, 0.6) is 0 Å². The normalized spacial score (nSPS) is 13.6. The van der Waals surface area contributed by atoms with E-state index in [9.17, 15) is 20.1 Å². The third-order valence-electron chi connectivity index (χ3n) is 12.4. The highest BCUT2D eigenvalue weighted by molar-refractivity contribution is 5.76. The fourth-order valence-corrected chi connectivity index (χ4v) is 8.29. The summed E-state index contributed by atoms with van der Waals surface area (Å²) in [6, 6.07) is -0.762. The molecular weight excluding hydrogens is 739 g/mol. The van der Waals surface area contributed by atoms with Crippen molar-refractivity contribution >= 4 is 5.91 Å². The summed E-state index contributed by atoms with van der Waals surface area (Å²) < 4.78 is 0. The van der Waals surface area contributed by atoms with E-state index < -0.39 is 18.2 Å². The van der Waals surface area contributed by atoms with Gasteiger partial charge in [-0.2, -0.15) is 0 Å². The smallest absolute Gasteiger partial charge is 0.222 e. The molecule has 0 aromatic rings. The van der Waals surface area contributed by atoms with Crippen molar-refractivity contribution in [2.45, 2.75) is 302 Å². The Kier molecular flexibility index (Phi) is 49.0. The lowest BCUT2D eigenvalue weighted by Crippen LogP contribution is -2.45. The highest BCUT2D eigenvalue weighted by atomic mass is 16.3. The summed E-state index contributed by atoms with van der Waals surface area (Å²) in [4.78, 5) is 12.5. The van der Waals surface area contributed by atoms with Gasteiger partial charge in [0.1, 0.15) is 0 Å². The summed E-state index contributed by atoms with van der Waals surface area (Å²) in [5.74, 6) is -0.324. The maximum absolute atomic E-state index is 12.5. The maximum Gasteiger partial charge on any atom is 0.222 e. The van der Waals surface area contributed by atoms with Crippen LogP contribution in [0, 0.1) is 0 Å². The summed E-state index contributed by atoms with van der Waals surface area (Å²) in [5, 5.41) is 33.4. The van der Waals surface area contributed by atoms with E-state index in [4.69, 9.17) is 0 Å². The molecule has 5 nitrogen and oxygen atoms in total. The number of allylic oxidation sites excluding steroid dienone is 5. The quantitative estimate of drug-likeness (QED) is 0.0363. The maximum atomic E-state index is 12.5. The average molecular weight is 844 g/mol. The number of carbonyl (C=O) groups is 1. The number of unbranched alkanes of at least 4 members (excludes halogenated alkanes) is 36. The average Bonchev–Trinajstić information content (AvgIpc) is 3.24. The molecular formula is C55H105NO4. The molecule has 0 aliphatic carbocycles. The first-order chi connectivity index (χ1) is 29.5. The highest BCUT2D eigenvalue weighted by Crippen LogP contribution is 2.16. The van der Waals surface area contributed by atoms with Gasteiger partial charge in [0.2, 0.25) is 5.91 Å². The molecule has 0 aromatic heterocycles. The number of aliphatic hydroxyl groups is 3. The summed E-state index contributed by atoms with van der Waals surface area (Å²) in [6.45, 7) is 4.23. The topological polar surface area (TPSA) is 89.8 Å². The third kappa shape index (κ3) is 46.1. The standard InChI is InChI=1S/C55H105NO4/c1-3-5-7-9-11-13-15-17-19-21-23-25-26-27-28-29-30-32-34-36-38-40-42-44-46-48-52(58)50-55(60)56-53(51-57)54(59)49-47-45-43-41-39-37-35-33-31-24-22-20-18-16-14-12-10-8-6-4-2/h27-28,39,41,47,49,52-54,57-59H,3-26,29-38,40,42-46,48,50-51H2,1-2H3,(H,56,60)/b28-27-,41-39+,49-47+. The van der Waals surface area contributed by atoms with Gasteiger partial charge in [0.15, 0.2) is 0 Å². The molecule has 0 aliphatic rings. The summed E-state index contributed by atoms with van der Waals surface area (Å²) in [5.41, 5.74) is 0. The molecule has 3 unspecified atom stereocenters. The van der Waals surface area contributed by atoms with Gasteiger partial charge in [0.05, 0.1) is 31.3 Å². The minimum atomic E-state index is -0.953. The summed E-state index contributed by atoms with van der Waals surface area (Å²) >= 11 is 0. The molecule has 0 rings (SSSR count). The monoisotopic (exact) mass is 844 g/mol. The molecule has 0 spiro atoms. The van der Waals surface area contributed by atoms with Crippen molar-refractivity contribution in [3.05, 3.63) is 36.5 Å². The van der Waals surface area contributed by atoms with Crippen LogP contribution in [0.1, 0.15) is 284 Å². The first-order valence-electron chi connectivity index (χ1n) is 26.8. The van der Waals surface area contributed by atoms with Crippen LogP contribution < -0.4 is 5.32 Å². The van der Waals surface area contributed by atoms with Crippen LogP contribution in [-0.4, -0.2) is 46.1 Å². The Morgan fingerprint density at radius 1 is 0.417 bits per heavy atom. The predicted octanol–water partition coefficient (Wildman–Crippen LogP) is 16.3.